The van der Waals surface area contributed by atoms with E-state index in [1.807, 2.05) is 19.9 Å². The van der Waals surface area contributed by atoms with Crippen molar-refractivity contribution in [2.75, 3.05) is 13.1 Å². The molecule has 0 unspecified atom stereocenters. The average molecular weight is 300 g/mol. The summed E-state index contributed by atoms with van der Waals surface area (Å²) in [4.78, 5) is 14.6. The van der Waals surface area contributed by atoms with Crippen molar-refractivity contribution >= 4 is 33.2 Å². The minimum absolute atomic E-state index is 0.0265. The molecule has 0 saturated heterocycles. The maximum absolute atomic E-state index is 12.1. The maximum Gasteiger partial charge on any atom is 0.264 e. The Morgan fingerprint density at radius 2 is 2.38 bits per heavy atom. The van der Waals surface area contributed by atoms with Crippen LogP contribution in [0.3, 0.4) is 0 Å². The fraction of sp³-hybridized carbons (Fsp3) is 0.417. The van der Waals surface area contributed by atoms with Crippen molar-refractivity contribution in [2.45, 2.75) is 20.3 Å². The van der Waals surface area contributed by atoms with Gasteiger partial charge in [0, 0.05) is 6.54 Å². The molecule has 0 saturated carbocycles. The molecule has 1 heterocycles. The molecule has 0 aromatic carbocycles. The van der Waals surface area contributed by atoms with Gasteiger partial charge in [0.2, 0.25) is 0 Å². The molecule has 1 amide bonds. The second-order valence-electron chi connectivity index (χ2n) is 3.50. The van der Waals surface area contributed by atoms with E-state index in [1.165, 1.54) is 11.3 Å². The topological polar surface area (TPSA) is 20.3 Å². The lowest BCUT2D eigenvalue weighted by Crippen LogP contribution is -2.31. The Bertz CT molecular complexity index is 400. The molecule has 2 nitrogen and oxygen atoms in total. The normalized spacial score (nSPS) is 9.88. The van der Waals surface area contributed by atoms with Gasteiger partial charge in [-0.15, -0.1) is 17.8 Å². The number of hydrogen-bond acceptors (Lipinski definition) is 2. The number of carbonyl (C=O) groups is 1. The zero-order valence-corrected chi connectivity index (χ0v) is 11.8. The maximum atomic E-state index is 12.1. The summed E-state index contributed by atoms with van der Waals surface area (Å²) in [5.74, 6) is 2.55. The first-order chi connectivity index (χ1) is 7.60. The third-order valence-corrected chi connectivity index (χ3v) is 4.26. The zero-order chi connectivity index (χ0) is 12.1. The van der Waals surface area contributed by atoms with Crippen LogP contribution < -0.4 is 0 Å². The van der Waals surface area contributed by atoms with Gasteiger partial charge in [0.05, 0.1) is 15.2 Å². The first kappa shape index (κ1) is 13.3. The number of aryl methyl sites for hydroxylation is 1. The average Bonchev–Trinajstić information content (AvgIpc) is 2.58. The van der Waals surface area contributed by atoms with Crippen LogP contribution in [-0.4, -0.2) is 23.9 Å². The molecule has 4 heteroatoms. The van der Waals surface area contributed by atoms with E-state index in [0.717, 1.165) is 20.6 Å². The fourth-order valence-electron chi connectivity index (χ4n) is 1.35. The van der Waals surface area contributed by atoms with Gasteiger partial charge in [0.25, 0.3) is 5.91 Å². The van der Waals surface area contributed by atoms with Gasteiger partial charge >= 0.3 is 0 Å². The molecule has 1 aromatic heterocycles. The van der Waals surface area contributed by atoms with Crippen LogP contribution in [0, 0.1) is 19.3 Å². The minimum Gasteiger partial charge on any atom is -0.327 e. The number of rotatable bonds is 4. The molecule has 0 spiro atoms. The molecule has 0 aliphatic heterocycles. The van der Waals surface area contributed by atoms with E-state index in [9.17, 15) is 4.79 Å². The second-order valence-corrected chi connectivity index (χ2v) is 5.87. The van der Waals surface area contributed by atoms with Crippen LogP contribution in [0.4, 0.5) is 0 Å². The molecular weight excluding hydrogens is 286 g/mol. The van der Waals surface area contributed by atoms with Crippen molar-refractivity contribution < 1.29 is 4.79 Å². The molecule has 0 radical (unpaired) electrons. The van der Waals surface area contributed by atoms with Crippen molar-refractivity contribution in [1.29, 1.82) is 0 Å². The predicted molar refractivity (Wildman–Crippen MR) is 71.8 cm³/mol. The standard InChI is InChI=1S/C12H14BrNOS/c1-4-6-14(7-5-2)12(15)10-8-9(3)11(13)16-10/h1,8H,5-7H2,2-3H3. The highest BCUT2D eigenvalue weighted by Gasteiger charge is 2.17. The zero-order valence-electron chi connectivity index (χ0n) is 9.42. The Morgan fingerprint density at radius 3 is 2.81 bits per heavy atom. The minimum atomic E-state index is 0.0265. The van der Waals surface area contributed by atoms with E-state index in [-0.39, 0.29) is 5.91 Å². The Kier molecular flexibility index (Phi) is 5.04. The highest BCUT2D eigenvalue weighted by Crippen LogP contribution is 2.28. The molecule has 0 aliphatic carbocycles. The molecule has 0 aliphatic rings. The van der Waals surface area contributed by atoms with Crippen LogP contribution in [0.2, 0.25) is 0 Å². The van der Waals surface area contributed by atoms with Gasteiger partial charge in [-0.05, 0) is 40.9 Å². The Balaban J connectivity index is 2.86. The third kappa shape index (κ3) is 3.10. The molecule has 16 heavy (non-hydrogen) atoms. The van der Waals surface area contributed by atoms with Crippen molar-refractivity contribution in [2.24, 2.45) is 0 Å². The van der Waals surface area contributed by atoms with Crippen LogP contribution in [0.5, 0.6) is 0 Å². The first-order valence-corrected chi connectivity index (χ1v) is 6.69. The van der Waals surface area contributed by atoms with Gasteiger partial charge in [0.1, 0.15) is 0 Å². The van der Waals surface area contributed by atoms with Gasteiger partial charge in [-0.1, -0.05) is 12.8 Å². The van der Waals surface area contributed by atoms with Crippen LogP contribution in [0.25, 0.3) is 0 Å². The Hall–Kier alpha value is -0.790. The summed E-state index contributed by atoms with van der Waals surface area (Å²) >= 11 is 4.88. The summed E-state index contributed by atoms with van der Waals surface area (Å²) < 4.78 is 1.01. The largest absolute Gasteiger partial charge is 0.327 e. The van der Waals surface area contributed by atoms with Crippen LogP contribution in [0.15, 0.2) is 9.85 Å². The Morgan fingerprint density at radius 1 is 1.69 bits per heavy atom. The van der Waals surface area contributed by atoms with Crippen LogP contribution in [0.1, 0.15) is 28.6 Å². The lowest BCUT2D eigenvalue weighted by Gasteiger charge is -2.18. The van der Waals surface area contributed by atoms with Gasteiger partial charge in [-0.2, -0.15) is 0 Å². The van der Waals surface area contributed by atoms with Crippen molar-refractivity contribution in [1.82, 2.24) is 4.90 Å². The number of nitrogens with zero attached hydrogens (tertiary/aromatic N) is 1. The molecule has 1 rings (SSSR count). The van der Waals surface area contributed by atoms with Crippen molar-refractivity contribution in [3.05, 3.63) is 20.3 Å². The van der Waals surface area contributed by atoms with Crippen LogP contribution in [-0.2, 0) is 0 Å². The number of amides is 1. The molecule has 1 aromatic rings. The lowest BCUT2D eigenvalue weighted by atomic mass is 10.3. The number of halogens is 1. The highest BCUT2D eigenvalue weighted by atomic mass is 79.9. The van der Waals surface area contributed by atoms with E-state index in [4.69, 9.17) is 6.42 Å². The van der Waals surface area contributed by atoms with Gasteiger partial charge in [-0.25, -0.2) is 0 Å². The third-order valence-electron chi connectivity index (χ3n) is 2.13. The second kappa shape index (κ2) is 6.07. The smallest absolute Gasteiger partial charge is 0.264 e. The monoisotopic (exact) mass is 299 g/mol. The van der Waals surface area contributed by atoms with Crippen LogP contribution >= 0.6 is 27.3 Å². The Labute approximate surface area is 109 Å². The van der Waals surface area contributed by atoms with E-state index < -0.39 is 0 Å². The molecular formula is C12H14BrNOS. The number of hydrogen-bond donors (Lipinski definition) is 0. The quantitative estimate of drug-likeness (QED) is 0.781. The van der Waals surface area contributed by atoms with E-state index in [0.29, 0.717) is 13.1 Å². The van der Waals surface area contributed by atoms with Gasteiger partial charge in [0.15, 0.2) is 0 Å². The number of thiophene rings is 1. The summed E-state index contributed by atoms with van der Waals surface area (Å²) in [5, 5.41) is 0. The van der Waals surface area contributed by atoms with E-state index >= 15 is 0 Å². The summed E-state index contributed by atoms with van der Waals surface area (Å²) in [6.45, 7) is 5.09. The molecule has 0 fully saturated rings. The first-order valence-electron chi connectivity index (χ1n) is 5.08. The molecule has 0 N–H and O–H groups in total. The summed E-state index contributed by atoms with van der Waals surface area (Å²) in [7, 11) is 0. The molecule has 86 valence electrons. The number of carbonyl (C=O) groups excluding carboxylic acids is 1. The SMILES string of the molecule is C#CCN(CCC)C(=O)c1cc(C)c(Br)s1. The van der Waals surface area contributed by atoms with Gasteiger partial charge in [-0.3, -0.25) is 4.79 Å². The summed E-state index contributed by atoms with van der Waals surface area (Å²) in [5.41, 5.74) is 1.09. The predicted octanol–water partition coefficient (Wildman–Crippen LogP) is 3.30. The van der Waals surface area contributed by atoms with Gasteiger partial charge < -0.3 is 4.90 Å². The molecule has 0 atom stereocenters. The lowest BCUT2D eigenvalue weighted by molar-refractivity contribution is 0.0781. The van der Waals surface area contributed by atoms with Crippen molar-refractivity contribution in [3.63, 3.8) is 0 Å². The fourth-order valence-corrected chi connectivity index (χ4v) is 2.86. The number of terminal acetylenes is 1. The summed E-state index contributed by atoms with van der Waals surface area (Å²) in [6.07, 6.45) is 6.18. The molecule has 0 bridgehead atoms. The van der Waals surface area contributed by atoms with E-state index in [1.54, 1.807) is 4.90 Å². The summed E-state index contributed by atoms with van der Waals surface area (Å²) in [6, 6.07) is 1.90. The van der Waals surface area contributed by atoms with Crippen molar-refractivity contribution in [3.8, 4) is 12.3 Å². The van der Waals surface area contributed by atoms with E-state index in [2.05, 4.69) is 21.9 Å². The highest BCUT2D eigenvalue weighted by molar-refractivity contribution is 9.11.